The number of ether oxygens (including phenoxy) is 1. The number of aliphatic hydroxyl groups excluding tert-OH is 2. The van der Waals surface area contributed by atoms with Gasteiger partial charge in [-0.05, 0) is 104 Å². The van der Waals surface area contributed by atoms with Crippen LogP contribution in [0.5, 0.6) is 0 Å². The first-order valence-corrected chi connectivity index (χ1v) is 16.5. The number of halogens is 1. The molecular weight excluding hydrogens is 569 g/mol. The Hall–Kier alpha value is -2.53. The molecule has 8 nitrogen and oxygen atoms in total. The van der Waals surface area contributed by atoms with Crippen LogP contribution in [0.1, 0.15) is 75.6 Å². The number of hydrogen-bond donors (Lipinski definition) is 3. The van der Waals surface area contributed by atoms with Gasteiger partial charge in [0.15, 0.2) is 5.60 Å². The van der Waals surface area contributed by atoms with Crippen LogP contribution < -0.4 is 5.73 Å². The Morgan fingerprint density at radius 1 is 1.23 bits per heavy atom. The largest absolute Gasteiger partial charge is 0.449 e. The van der Waals surface area contributed by atoms with Crippen molar-refractivity contribution in [1.82, 2.24) is 9.78 Å². The minimum absolute atomic E-state index is 0.0129. The standard InChI is InChI=1S/C33H40FN3O5S/c1-31-13-20-15-36-37(22-6-8-25(34)19(11-22)16-38)26(20)12-21(31)5-7-23-24-9-10-33(30(41)43-17-35,42-29(40)18-3-4-18)32(24,2)14-27(39)28(23)31/h6,8,11-12,15,18,23-24,27-28,38-39H,3-5,7,9-10,13-14,16-17,35H2,1-2H3/t23?,24-,27-,28+,31?,32?,33-/m0/s1. The van der Waals surface area contributed by atoms with E-state index in [-0.39, 0.29) is 58.2 Å². The molecule has 5 aliphatic rings. The van der Waals surface area contributed by atoms with Crippen molar-refractivity contribution in [3.8, 4) is 5.69 Å². The number of aromatic nitrogens is 2. The SMILES string of the molecule is CC12Cc3cnn(-c4ccc(F)c(CO)c4)c3C=C1CCC1[C@@H]2[C@@H](O)CC2(C)[C@H]1CC[C@]2(OC(=O)C1CC1)C(=O)SCN. The average molecular weight is 610 g/mol. The molecule has 4 N–H and O–H groups in total. The number of thioether (sulfide) groups is 1. The van der Waals surface area contributed by atoms with Crippen LogP contribution in [0.25, 0.3) is 11.8 Å². The van der Waals surface area contributed by atoms with Gasteiger partial charge in [-0.3, -0.25) is 9.59 Å². The summed E-state index contributed by atoms with van der Waals surface area (Å²) in [7, 11) is 0. The third kappa shape index (κ3) is 4.23. The number of esters is 1. The maximum atomic E-state index is 14.1. The van der Waals surface area contributed by atoms with Crippen molar-refractivity contribution >= 4 is 28.9 Å². The molecule has 0 spiro atoms. The number of benzene rings is 1. The van der Waals surface area contributed by atoms with Crippen LogP contribution in [-0.4, -0.2) is 48.7 Å². The topological polar surface area (TPSA) is 128 Å². The molecule has 0 radical (unpaired) electrons. The summed E-state index contributed by atoms with van der Waals surface area (Å²) in [5.41, 5.74) is 7.77. The van der Waals surface area contributed by atoms with Gasteiger partial charge in [0.05, 0.1) is 36.2 Å². The number of hydrogen-bond acceptors (Lipinski definition) is 8. The Kier molecular flexibility index (Phi) is 6.96. The zero-order chi connectivity index (χ0) is 30.3. The van der Waals surface area contributed by atoms with Gasteiger partial charge < -0.3 is 20.7 Å². The third-order valence-corrected chi connectivity index (χ3v) is 12.5. The number of fused-ring (bicyclic) bond motifs is 6. The minimum Gasteiger partial charge on any atom is -0.449 e. The molecular formula is C33H40FN3O5S. The van der Waals surface area contributed by atoms with Crippen molar-refractivity contribution in [2.24, 2.45) is 40.2 Å². The Morgan fingerprint density at radius 2 is 2.02 bits per heavy atom. The normalized spacial score (nSPS) is 36.2. The van der Waals surface area contributed by atoms with E-state index in [1.165, 1.54) is 11.6 Å². The van der Waals surface area contributed by atoms with Crippen LogP contribution in [0.4, 0.5) is 4.39 Å². The second-order valence-electron chi connectivity index (χ2n) is 13.8. The van der Waals surface area contributed by atoms with Crippen molar-refractivity contribution in [3.63, 3.8) is 0 Å². The Bertz CT molecular complexity index is 1520. The lowest BCUT2D eigenvalue weighted by Crippen LogP contribution is -2.62. The lowest BCUT2D eigenvalue weighted by molar-refractivity contribution is -0.197. The molecule has 7 atom stereocenters. The summed E-state index contributed by atoms with van der Waals surface area (Å²) in [5.74, 6) is -0.437. The van der Waals surface area contributed by atoms with E-state index in [1.54, 1.807) is 16.8 Å². The summed E-state index contributed by atoms with van der Waals surface area (Å²) in [4.78, 5) is 26.8. The molecule has 0 aliphatic heterocycles. The van der Waals surface area contributed by atoms with E-state index >= 15 is 0 Å². The number of allylic oxidation sites excluding steroid dienone is 1. The lowest BCUT2D eigenvalue weighted by Gasteiger charge is -2.60. The van der Waals surface area contributed by atoms with Crippen molar-refractivity contribution in [3.05, 3.63) is 52.6 Å². The maximum Gasteiger partial charge on any atom is 0.309 e. The zero-order valence-electron chi connectivity index (χ0n) is 24.7. The van der Waals surface area contributed by atoms with Gasteiger partial charge in [-0.15, -0.1) is 0 Å². The smallest absolute Gasteiger partial charge is 0.309 e. The van der Waals surface area contributed by atoms with Crippen molar-refractivity contribution < 1.29 is 28.9 Å². The molecule has 5 aliphatic carbocycles. The molecule has 3 unspecified atom stereocenters. The van der Waals surface area contributed by atoms with E-state index < -0.39 is 22.9 Å². The predicted octanol–water partition coefficient (Wildman–Crippen LogP) is 4.52. The predicted molar refractivity (Wildman–Crippen MR) is 160 cm³/mol. The molecule has 4 saturated carbocycles. The second kappa shape index (κ2) is 10.3. The van der Waals surface area contributed by atoms with Crippen LogP contribution in [0.15, 0.2) is 30.0 Å². The maximum absolute atomic E-state index is 14.1. The number of nitrogens with zero attached hydrogens (tertiary/aromatic N) is 2. The van der Waals surface area contributed by atoms with Crippen LogP contribution >= 0.6 is 11.8 Å². The summed E-state index contributed by atoms with van der Waals surface area (Å²) in [6.45, 7) is 3.94. The molecule has 0 bridgehead atoms. The van der Waals surface area contributed by atoms with E-state index in [9.17, 15) is 24.2 Å². The van der Waals surface area contributed by atoms with E-state index in [1.807, 2.05) is 6.20 Å². The summed E-state index contributed by atoms with van der Waals surface area (Å²) in [5, 5.41) is 26.1. The number of carbonyl (C=O) groups is 2. The zero-order valence-corrected chi connectivity index (χ0v) is 25.5. The van der Waals surface area contributed by atoms with E-state index in [4.69, 9.17) is 10.5 Å². The van der Waals surface area contributed by atoms with E-state index in [2.05, 4.69) is 25.0 Å². The number of rotatable bonds is 6. The molecule has 0 saturated heterocycles. The quantitative estimate of drug-likeness (QED) is 0.322. The Balaban J connectivity index is 1.22. The monoisotopic (exact) mass is 609 g/mol. The lowest BCUT2D eigenvalue weighted by atomic mass is 9.45. The Morgan fingerprint density at radius 3 is 2.74 bits per heavy atom. The van der Waals surface area contributed by atoms with Crippen LogP contribution in [0.3, 0.4) is 0 Å². The van der Waals surface area contributed by atoms with Gasteiger partial charge in [0.1, 0.15) is 5.82 Å². The number of aliphatic hydroxyl groups is 2. The fourth-order valence-electron chi connectivity index (χ4n) is 9.50. The van der Waals surface area contributed by atoms with Gasteiger partial charge in [0.2, 0.25) is 5.12 Å². The van der Waals surface area contributed by atoms with Gasteiger partial charge in [-0.25, -0.2) is 9.07 Å². The van der Waals surface area contributed by atoms with E-state index in [0.29, 0.717) is 24.9 Å². The van der Waals surface area contributed by atoms with Crippen LogP contribution in [0.2, 0.25) is 0 Å². The molecule has 1 heterocycles. The minimum atomic E-state index is -1.27. The summed E-state index contributed by atoms with van der Waals surface area (Å²) in [6, 6.07) is 4.66. The fraction of sp³-hybridized carbons (Fsp3) is 0.606. The van der Waals surface area contributed by atoms with Crippen LogP contribution in [-0.2, 0) is 27.4 Å². The van der Waals surface area contributed by atoms with Gasteiger partial charge >= 0.3 is 5.97 Å². The summed E-state index contributed by atoms with van der Waals surface area (Å²) >= 11 is 1.03. The molecule has 1 aromatic carbocycles. The molecule has 4 fully saturated rings. The second-order valence-corrected chi connectivity index (χ2v) is 14.8. The average Bonchev–Trinajstić information content (AvgIpc) is 3.69. The number of carbonyl (C=O) groups excluding carboxylic acids is 2. The fourth-order valence-corrected chi connectivity index (χ4v) is 10.3. The highest BCUT2D eigenvalue weighted by Gasteiger charge is 2.71. The van der Waals surface area contributed by atoms with Crippen molar-refractivity contribution in [1.29, 1.82) is 0 Å². The van der Waals surface area contributed by atoms with Crippen molar-refractivity contribution in [2.75, 3.05) is 5.88 Å². The summed E-state index contributed by atoms with van der Waals surface area (Å²) in [6.07, 6.45) is 9.07. The molecule has 10 heteroatoms. The molecule has 230 valence electrons. The van der Waals surface area contributed by atoms with Gasteiger partial charge in [0, 0.05) is 16.9 Å². The van der Waals surface area contributed by atoms with E-state index in [0.717, 1.165) is 55.1 Å². The first-order chi connectivity index (χ1) is 20.6. The molecule has 7 rings (SSSR count). The Labute approximate surface area is 255 Å². The first-order valence-electron chi connectivity index (χ1n) is 15.5. The molecule has 2 aromatic rings. The van der Waals surface area contributed by atoms with Crippen molar-refractivity contribution in [2.45, 2.75) is 83.5 Å². The molecule has 1 aromatic heterocycles. The van der Waals surface area contributed by atoms with Gasteiger partial charge in [0.25, 0.3) is 0 Å². The molecule has 0 amide bonds. The first kappa shape index (κ1) is 29.2. The summed E-state index contributed by atoms with van der Waals surface area (Å²) < 4.78 is 22.1. The highest BCUT2D eigenvalue weighted by Crippen LogP contribution is 2.69. The van der Waals surface area contributed by atoms with Crippen LogP contribution in [0, 0.1) is 40.3 Å². The highest BCUT2D eigenvalue weighted by atomic mass is 32.2. The van der Waals surface area contributed by atoms with Gasteiger partial charge in [-0.1, -0.05) is 31.2 Å². The third-order valence-electron chi connectivity index (χ3n) is 11.7. The van der Waals surface area contributed by atoms with Gasteiger partial charge in [-0.2, -0.15) is 5.10 Å². The number of nitrogens with two attached hydrogens (primary N) is 1. The highest BCUT2D eigenvalue weighted by molar-refractivity contribution is 8.13. The molecule has 43 heavy (non-hydrogen) atoms.